The maximum absolute atomic E-state index is 11.2. The number of carbonyl (C=O) groups excluding carboxylic acids is 1. The average molecular weight is 291 g/mol. The normalized spacial score (nSPS) is 9.42. The van der Waals surface area contributed by atoms with Crippen LogP contribution < -0.4 is 9.47 Å². The van der Waals surface area contributed by atoms with Gasteiger partial charge < -0.3 is 19.3 Å². The molecule has 0 aliphatic carbocycles. The van der Waals surface area contributed by atoms with E-state index in [-0.39, 0.29) is 38.0 Å². The number of rotatable bonds is 7. The Labute approximate surface area is 118 Å². The predicted molar refractivity (Wildman–Crippen MR) is 73.2 cm³/mol. The fraction of sp³-hybridized carbons (Fsp3) is 0.462. The number of ether oxygens (including phenoxy) is 3. The highest BCUT2D eigenvalue weighted by Crippen LogP contribution is 2.28. The SMILES string of the molecule is CCOc1cc(CC(=O)OC)ccc1OCCO.Cl. The molecule has 0 aliphatic heterocycles. The Morgan fingerprint density at radius 1 is 1.26 bits per heavy atom. The van der Waals surface area contributed by atoms with Gasteiger partial charge in [-0.3, -0.25) is 4.79 Å². The van der Waals surface area contributed by atoms with Crippen LogP contribution in [0.4, 0.5) is 0 Å². The summed E-state index contributed by atoms with van der Waals surface area (Å²) in [4.78, 5) is 11.2. The first-order valence-corrected chi connectivity index (χ1v) is 5.77. The van der Waals surface area contributed by atoms with Crippen LogP contribution in [0.3, 0.4) is 0 Å². The van der Waals surface area contributed by atoms with Crippen molar-refractivity contribution in [2.24, 2.45) is 0 Å². The summed E-state index contributed by atoms with van der Waals surface area (Å²) in [5.74, 6) is 0.813. The third-order valence-electron chi connectivity index (χ3n) is 2.23. The molecule has 0 saturated heterocycles. The van der Waals surface area contributed by atoms with Crippen LogP contribution in [0.25, 0.3) is 0 Å². The summed E-state index contributed by atoms with van der Waals surface area (Å²) in [5, 5.41) is 8.73. The minimum Gasteiger partial charge on any atom is -0.490 e. The highest BCUT2D eigenvalue weighted by atomic mass is 35.5. The Morgan fingerprint density at radius 3 is 2.58 bits per heavy atom. The number of benzene rings is 1. The zero-order chi connectivity index (χ0) is 13.4. The Kier molecular flexibility index (Phi) is 8.74. The minimum atomic E-state index is -0.304. The van der Waals surface area contributed by atoms with Gasteiger partial charge in [0.2, 0.25) is 0 Å². The van der Waals surface area contributed by atoms with Gasteiger partial charge in [-0.25, -0.2) is 0 Å². The number of esters is 1. The Balaban J connectivity index is 0.00000324. The molecule has 5 nitrogen and oxygen atoms in total. The van der Waals surface area contributed by atoms with Crippen molar-refractivity contribution in [1.82, 2.24) is 0 Å². The monoisotopic (exact) mass is 290 g/mol. The number of hydrogen-bond acceptors (Lipinski definition) is 5. The second kappa shape index (κ2) is 9.47. The molecular weight excluding hydrogens is 272 g/mol. The lowest BCUT2D eigenvalue weighted by molar-refractivity contribution is -0.139. The lowest BCUT2D eigenvalue weighted by Gasteiger charge is -2.12. The van der Waals surface area contributed by atoms with E-state index in [2.05, 4.69) is 4.74 Å². The van der Waals surface area contributed by atoms with Gasteiger partial charge in [-0.05, 0) is 24.6 Å². The molecule has 108 valence electrons. The molecule has 1 rings (SSSR count). The predicted octanol–water partition coefficient (Wildman–Crippen LogP) is 1.59. The topological polar surface area (TPSA) is 65.0 Å². The van der Waals surface area contributed by atoms with Crippen molar-refractivity contribution in [2.45, 2.75) is 13.3 Å². The molecule has 0 aromatic heterocycles. The Bertz CT molecular complexity index is 395. The highest BCUT2D eigenvalue weighted by molar-refractivity contribution is 5.85. The van der Waals surface area contributed by atoms with Gasteiger partial charge in [0.1, 0.15) is 6.61 Å². The first-order valence-electron chi connectivity index (χ1n) is 5.77. The quantitative estimate of drug-likeness (QED) is 0.773. The molecule has 0 saturated carbocycles. The Morgan fingerprint density at radius 2 is 2.00 bits per heavy atom. The van der Waals surface area contributed by atoms with Gasteiger partial charge in [-0.1, -0.05) is 6.07 Å². The van der Waals surface area contributed by atoms with E-state index in [0.717, 1.165) is 5.56 Å². The number of aliphatic hydroxyl groups excluding tert-OH is 1. The van der Waals surface area contributed by atoms with E-state index in [1.54, 1.807) is 18.2 Å². The smallest absolute Gasteiger partial charge is 0.309 e. The molecule has 0 unspecified atom stereocenters. The molecular formula is C13H19ClO5. The largest absolute Gasteiger partial charge is 0.490 e. The fourth-order valence-corrected chi connectivity index (χ4v) is 1.44. The van der Waals surface area contributed by atoms with Crippen molar-refractivity contribution in [3.05, 3.63) is 23.8 Å². The van der Waals surface area contributed by atoms with Crippen molar-refractivity contribution < 1.29 is 24.1 Å². The maximum Gasteiger partial charge on any atom is 0.309 e. The second-order valence-corrected chi connectivity index (χ2v) is 3.54. The molecule has 0 fully saturated rings. The summed E-state index contributed by atoms with van der Waals surface area (Å²) in [5.41, 5.74) is 0.793. The van der Waals surface area contributed by atoms with Crippen molar-refractivity contribution in [1.29, 1.82) is 0 Å². The van der Waals surface area contributed by atoms with Crippen LogP contribution in [0.2, 0.25) is 0 Å². The number of carbonyl (C=O) groups is 1. The number of hydrogen-bond donors (Lipinski definition) is 1. The third kappa shape index (κ3) is 5.81. The van der Waals surface area contributed by atoms with E-state index in [4.69, 9.17) is 14.6 Å². The van der Waals surface area contributed by atoms with E-state index in [9.17, 15) is 4.79 Å². The van der Waals surface area contributed by atoms with Crippen LogP contribution in [0.15, 0.2) is 18.2 Å². The summed E-state index contributed by atoms with van der Waals surface area (Å²) >= 11 is 0. The van der Waals surface area contributed by atoms with Gasteiger partial charge in [0, 0.05) is 0 Å². The molecule has 0 atom stereocenters. The summed E-state index contributed by atoms with van der Waals surface area (Å²) in [6, 6.07) is 5.23. The van der Waals surface area contributed by atoms with Gasteiger partial charge in [-0.15, -0.1) is 12.4 Å². The van der Waals surface area contributed by atoms with Gasteiger partial charge in [0.25, 0.3) is 0 Å². The summed E-state index contributed by atoms with van der Waals surface area (Å²) < 4.78 is 15.4. The molecule has 1 aromatic carbocycles. The van der Waals surface area contributed by atoms with Crippen LogP contribution >= 0.6 is 12.4 Å². The van der Waals surface area contributed by atoms with E-state index in [0.29, 0.717) is 18.1 Å². The molecule has 1 N–H and O–H groups in total. The van der Waals surface area contributed by atoms with Gasteiger partial charge in [0.15, 0.2) is 11.5 Å². The molecule has 6 heteroatoms. The fourth-order valence-electron chi connectivity index (χ4n) is 1.44. The third-order valence-corrected chi connectivity index (χ3v) is 2.23. The van der Waals surface area contributed by atoms with Gasteiger partial charge in [0.05, 0.1) is 26.7 Å². The van der Waals surface area contributed by atoms with E-state index < -0.39 is 0 Å². The summed E-state index contributed by atoms with van der Waals surface area (Å²) in [6.07, 6.45) is 0.191. The highest BCUT2D eigenvalue weighted by Gasteiger charge is 2.09. The number of aliphatic hydroxyl groups is 1. The number of halogens is 1. The van der Waals surface area contributed by atoms with Gasteiger partial charge in [-0.2, -0.15) is 0 Å². The van der Waals surface area contributed by atoms with E-state index >= 15 is 0 Å². The van der Waals surface area contributed by atoms with Crippen molar-refractivity contribution in [3.63, 3.8) is 0 Å². The number of methoxy groups -OCH3 is 1. The Hall–Kier alpha value is -1.46. The average Bonchev–Trinajstić information content (AvgIpc) is 2.38. The molecule has 1 aromatic rings. The van der Waals surface area contributed by atoms with Crippen LogP contribution in [-0.4, -0.2) is 38.0 Å². The molecule has 0 amide bonds. The van der Waals surface area contributed by atoms with E-state index in [1.807, 2.05) is 6.92 Å². The van der Waals surface area contributed by atoms with Crippen LogP contribution in [0.5, 0.6) is 11.5 Å². The van der Waals surface area contributed by atoms with Gasteiger partial charge >= 0.3 is 5.97 Å². The van der Waals surface area contributed by atoms with Crippen molar-refractivity contribution in [3.8, 4) is 11.5 Å². The van der Waals surface area contributed by atoms with Crippen LogP contribution in [0, 0.1) is 0 Å². The van der Waals surface area contributed by atoms with Crippen LogP contribution in [-0.2, 0) is 16.0 Å². The molecule has 0 heterocycles. The van der Waals surface area contributed by atoms with E-state index in [1.165, 1.54) is 7.11 Å². The summed E-state index contributed by atoms with van der Waals surface area (Å²) in [7, 11) is 1.35. The minimum absolute atomic E-state index is 0. The first-order chi connectivity index (χ1) is 8.71. The molecule has 0 spiro atoms. The summed E-state index contributed by atoms with van der Waals surface area (Å²) in [6.45, 7) is 2.51. The van der Waals surface area contributed by atoms with Crippen LogP contribution in [0.1, 0.15) is 12.5 Å². The molecule has 19 heavy (non-hydrogen) atoms. The standard InChI is InChI=1S/C13H18O5.ClH/c1-3-17-12-8-10(9-13(15)16-2)4-5-11(12)18-7-6-14;/h4-5,8,14H,3,6-7,9H2,1-2H3;1H. The first kappa shape index (κ1) is 17.5. The van der Waals surface area contributed by atoms with Crippen molar-refractivity contribution in [2.75, 3.05) is 26.9 Å². The maximum atomic E-state index is 11.2. The molecule has 0 radical (unpaired) electrons. The molecule has 0 bridgehead atoms. The zero-order valence-corrected chi connectivity index (χ0v) is 11.9. The lowest BCUT2D eigenvalue weighted by Crippen LogP contribution is -2.07. The molecule has 0 aliphatic rings. The second-order valence-electron chi connectivity index (χ2n) is 3.54. The lowest BCUT2D eigenvalue weighted by atomic mass is 10.1. The van der Waals surface area contributed by atoms with Crippen molar-refractivity contribution >= 4 is 18.4 Å². The zero-order valence-electron chi connectivity index (χ0n) is 11.0.